The summed E-state index contributed by atoms with van der Waals surface area (Å²) in [4.78, 5) is 9.91. The van der Waals surface area contributed by atoms with Gasteiger partial charge >= 0.3 is 0 Å². The number of hydrogen-bond acceptors (Lipinski definition) is 6. The molecule has 0 amide bonds. The molecule has 8 nitrogen and oxygen atoms in total. The van der Waals surface area contributed by atoms with Gasteiger partial charge in [0.2, 0.25) is 10.0 Å². The van der Waals surface area contributed by atoms with Crippen LogP contribution in [0.4, 0.5) is 11.4 Å². The molecular formula is C11H17N3O5S. The van der Waals surface area contributed by atoms with Crippen LogP contribution >= 0.6 is 0 Å². The van der Waals surface area contributed by atoms with E-state index in [0.717, 1.165) is 10.4 Å². The number of sulfonamides is 1. The van der Waals surface area contributed by atoms with Crippen LogP contribution < -0.4 is 5.73 Å². The molecule has 0 saturated heterocycles. The molecule has 0 aliphatic heterocycles. The summed E-state index contributed by atoms with van der Waals surface area (Å²) in [6, 6.07) is 3.01. The Labute approximate surface area is 117 Å². The van der Waals surface area contributed by atoms with Crippen LogP contribution in [0.25, 0.3) is 0 Å². The number of nitrogen functional groups attached to an aromatic ring is 1. The van der Waals surface area contributed by atoms with Crippen molar-refractivity contribution in [3.63, 3.8) is 0 Å². The highest BCUT2D eigenvalue weighted by atomic mass is 32.2. The van der Waals surface area contributed by atoms with Gasteiger partial charge in [-0.2, -0.15) is 4.31 Å². The molecule has 0 spiro atoms. The Morgan fingerprint density at radius 2 is 2.10 bits per heavy atom. The van der Waals surface area contributed by atoms with Crippen molar-refractivity contribution in [2.75, 3.05) is 26.5 Å². The maximum Gasteiger partial charge on any atom is 0.293 e. The number of nitro groups is 1. The fourth-order valence-corrected chi connectivity index (χ4v) is 2.96. The molecule has 1 atom stereocenters. The minimum absolute atomic E-state index is 0.0819. The van der Waals surface area contributed by atoms with E-state index < -0.39 is 26.7 Å². The summed E-state index contributed by atoms with van der Waals surface area (Å²) in [5.74, 6) is 0. The van der Waals surface area contributed by atoms with Gasteiger partial charge in [-0.1, -0.05) is 0 Å². The highest BCUT2D eigenvalue weighted by molar-refractivity contribution is 7.89. The lowest BCUT2D eigenvalue weighted by molar-refractivity contribution is -0.384. The summed E-state index contributed by atoms with van der Waals surface area (Å²) in [7, 11) is -0.986. The molecule has 0 bridgehead atoms. The van der Waals surface area contributed by atoms with Gasteiger partial charge < -0.3 is 10.5 Å². The largest absolute Gasteiger partial charge is 0.393 e. The van der Waals surface area contributed by atoms with Crippen LogP contribution in [0.1, 0.15) is 6.92 Å². The van der Waals surface area contributed by atoms with Crippen molar-refractivity contribution in [1.29, 1.82) is 0 Å². The SMILES string of the molecule is COCC(C)N(C)S(=O)(=O)c1ccc(N)c([N+](=O)[O-])c1. The minimum Gasteiger partial charge on any atom is -0.393 e. The van der Waals surface area contributed by atoms with E-state index in [4.69, 9.17) is 10.5 Å². The number of nitro benzene ring substituents is 1. The fraction of sp³-hybridized carbons (Fsp3) is 0.455. The van der Waals surface area contributed by atoms with Crippen molar-refractivity contribution >= 4 is 21.4 Å². The van der Waals surface area contributed by atoms with Crippen molar-refractivity contribution in [2.24, 2.45) is 0 Å². The van der Waals surface area contributed by atoms with Crippen LogP contribution in [-0.4, -0.2) is 44.5 Å². The first-order valence-corrected chi connectivity index (χ1v) is 7.16. The summed E-state index contributed by atoms with van der Waals surface area (Å²) >= 11 is 0. The Morgan fingerprint density at radius 1 is 1.50 bits per heavy atom. The van der Waals surface area contributed by atoms with Gasteiger partial charge in [0.25, 0.3) is 5.69 Å². The topological polar surface area (TPSA) is 116 Å². The number of nitrogens with two attached hydrogens (primary N) is 1. The smallest absolute Gasteiger partial charge is 0.293 e. The van der Waals surface area contributed by atoms with E-state index in [-0.39, 0.29) is 17.2 Å². The predicted molar refractivity (Wildman–Crippen MR) is 73.8 cm³/mol. The summed E-state index contributed by atoms with van der Waals surface area (Å²) < 4.78 is 30.7. The van der Waals surface area contributed by atoms with Crippen LogP contribution in [0, 0.1) is 10.1 Å². The minimum atomic E-state index is -3.84. The maximum atomic E-state index is 12.3. The number of hydrogen-bond donors (Lipinski definition) is 1. The van der Waals surface area contributed by atoms with Crippen LogP contribution in [0.2, 0.25) is 0 Å². The fourth-order valence-electron chi connectivity index (χ4n) is 1.59. The number of rotatable bonds is 6. The molecule has 112 valence electrons. The van der Waals surface area contributed by atoms with Gasteiger partial charge in [-0.05, 0) is 19.1 Å². The molecular weight excluding hydrogens is 286 g/mol. The third kappa shape index (κ3) is 3.24. The normalized spacial score (nSPS) is 13.4. The van der Waals surface area contributed by atoms with Crippen LogP contribution in [0.5, 0.6) is 0 Å². The van der Waals surface area contributed by atoms with E-state index >= 15 is 0 Å². The zero-order chi connectivity index (χ0) is 15.5. The lowest BCUT2D eigenvalue weighted by atomic mass is 10.3. The second-order valence-corrected chi connectivity index (χ2v) is 6.30. The van der Waals surface area contributed by atoms with Gasteiger partial charge in [0, 0.05) is 26.3 Å². The summed E-state index contributed by atoms with van der Waals surface area (Å²) in [5.41, 5.74) is 4.93. The summed E-state index contributed by atoms with van der Waals surface area (Å²) in [6.07, 6.45) is 0. The van der Waals surface area contributed by atoms with Crippen molar-refractivity contribution in [2.45, 2.75) is 17.9 Å². The average Bonchev–Trinajstić information content (AvgIpc) is 2.37. The Bertz CT molecular complexity index is 602. The highest BCUT2D eigenvalue weighted by Gasteiger charge is 2.27. The zero-order valence-corrected chi connectivity index (χ0v) is 12.3. The molecule has 1 rings (SSSR count). The molecule has 1 unspecified atom stereocenters. The molecule has 1 aromatic carbocycles. The molecule has 0 aromatic heterocycles. The number of anilines is 1. The standard InChI is InChI=1S/C11H17N3O5S/c1-8(7-19-3)13(2)20(17,18)9-4-5-10(12)11(6-9)14(15)16/h4-6,8H,7,12H2,1-3H3. The van der Waals surface area contributed by atoms with Gasteiger partial charge in [-0.3, -0.25) is 10.1 Å². The van der Waals surface area contributed by atoms with Crippen molar-refractivity contribution in [3.8, 4) is 0 Å². The maximum absolute atomic E-state index is 12.3. The van der Waals surface area contributed by atoms with E-state index in [1.807, 2.05) is 0 Å². The third-order valence-corrected chi connectivity index (χ3v) is 4.87. The molecule has 0 heterocycles. The van der Waals surface area contributed by atoms with Crippen LogP contribution in [0.15, 0.2) is 23.1 Å². The van der Waals surface area contributed by atoms with Crippen LogP contribution in [-0.2, 0) is 14.8 Å². The molecule has 0 aliphatic rings. The quantitative estimate of drug-likeness (QED) is 0.473. The number of methoxy groups -OCH3 is 1. The molecule has 0 saturated carbocycles. The van der Waals surface area contributed by atoms with E-state index in [1.165, 1.54) is 26.3 Å². The Hall–Kier alpha value is -1.71. The second-order valence-electron chi connectivity index (χ2n) is 4.30. The second kappa shape index (κ2) is 6.16. The van der Waals surface area contributed by atoms with E-state index in [1.54, 1.807) is 6.92 Å². The zero-order valence-electron chi connectivity index (χ0n) is 11.4. The lowest BCUT2D eigenvalue weighted by Gasteiger charge is -2.23. The van der Waals surface area contributed by atoms with Crippen LogP contribution in [0.3, 0.4) is 0 Å². The van der Waals surface area contributed by atoms with Crippen molar-refractivity contribution < 1.29 is 18.1 Å². The molecule has 0 radical (unpaired) electrons. The number of likely N-dealkylation sites (N-methyl/N-ethyl adjacent to an activating group) is 1. The van der Waals surface area contributed by atoms with Gasteiger partial charge in [-0.25, -0.2) is 8.42 Å². The van der Waals surface area contributed by atoms with E-state index in [9.17, 15) is 18.5 Å². The van der Waals surface area contributed by atoms with Gasteiger partial charge in [0.1, 0.15) is 5.69 Å². The van der Waals surface area contributed by atoms with Crippen molar-refractivity contribution in [3.05, 3.63) is 28.3 Å². The average molecular weight is 303 g/mol. The Morgan fingerprint density at radius 3 is 2.60 bits per heavy atom. The predicted octanol–water partition coefficient (Wildman–Crippen LogP) is 0.832. The monoisotopic (exact) mass is 303 g/mol. The molecule has 2 N–H and O–H groups in total. The van der Waals surface area contributed by atoms with E-state index in [0.29, 0.717) is 0 Å². The van der Waals surface area contributed by atoms with Gasteiger partial charge in [-0.15, -0.1) is 0 Å². The highest BCUT2D eigenvalue weighted by Crippen LogP contribution is 2.26. The first-order valence-electron chi connectivity index (χ1n) is 5.72. The molecule has 0 aliphatic carbocycles. The number of nitrogens with zero attached hydrogens (tertiary/aromatic N) is 2. The number of ether oxygens (including phenoxy) is 1. The number of benzene rings is 1. The summed E-state index contributed by atoms with van der Waals surface area (Å²) in [6.45, 7) is 1.89. The molecule has 9 heteroatoms. The molecule has 1 aromatic rings. The first kappa shape index (κ1) is 16.3. The molecule has 20 heavy (non-hydrogen) atoms. The van der Waals surface area contributed by atoms with Crippen molar-refractivity contribution in [1.82, 2.24) is 4.31 Å². The third-order valence-electron chi connectivity index (χ3n) is 2.90. The summed E-state index contributed by atoms with van der Waals surface area (Å²) in [5, 5.41) is 10.8. The van der Waals surface area contributed by atoms with E-state index in [2.05, 4.69) is 0 Å². The Kier molecular flexibility index (Phi) is 5.03. The van der Waals surface area contributed by atoms with Gasteiger partial charge in [0.05, 0.1) is 16.4 Å². The lowest BCUT2D eigenvalue weighted by Crippen LogP contribution is -2.37. The Balaban J connectivity index is 3.22. The molecule has 0 fully saturated rings. The first-order chi connectivity index (χ1) is 9.21. The van der Waals surface area contributed by atoms with Gasteiger partial charge in [0.15, 0.2) is 0 Å².